The van der Waals surface area contributed by atoms with E-state index in [9.17, 15) is 9.59 Å². The van der Waals surface area contributed by atoms with Gasteiger partial charge in [0.15, 0.2) is 11.6 Å². The Bertz CT molecular complexity index is 330. The minimum Gasteiger partial charge on any atom is -0.294 e. The van der Waals surface area contributed by atoms with Gasteiger partial charge in [0, 0.05) is 25.0 Å². The number of aliphatic imine (C=N–C) groups is 1. The first-order valence-electron chi connectivity index (χ1n) is 6.10. The lowest BCUT2D eigenvalue weighted by molar-refractivity contribution is -0.116. The topological polar surface area (TPSA) is 46.5 Å². The average Bonchev–Trinajstić information content (AvgIpc) is 2.59. The summed E-state index contributed by atoms with van der Waals surface area (Å²) in [7, 11) is 0. The number of hydrogen-bond donors (Lipinski definition) is 0. The van der Waals surface area contributed by atoms with E-state index in [1.807, 2.05) is 6.08 Å². The molecule has 0 N–H and O–H groups in total. The Morgan fingerprint density at radius 1 is 0.938 bits per heavy atom. The van der Waals surface area contributed by atoms with Crippen LogP contribution in [0, 0.1) is 0 Å². The SMILES string of the molecule is O=C1CCCCC=C1C1=NCCCCC1=O. The number of rotatable bonds is 1. The highest BCUT2D eigenvalue weighted by Gasteiger charge is 2.23. The molecule has 0 aromatic carbocycles. The summed E-state index contributed by atoms with van der Waals surface area (Å²) in [6.45, 7) is 0.686. The molecule has 3 nitrogen and oxygen atoms in total. The number of carbonyl (C=O) groups is 2. The molecule has 0 bridgehead atoms. The maximum Gasteiger partial charge on any atom is 0.181 e. The minimum absolute atomic E-state index is 0.0546. The lowest BCUT2D eigenvalue weighted by Gasteiger charge is -2.05. The number of Topliss-reactive ketones (excluding diaryl/α,β-unsaturated/α-hetero) is 2. The minimum atomic E-state index is 0.0546. The molecule has 0 atom stereocenters. The van der Waals surface area contributed by atoms with Crippen LogP contribution in [0.25, 0.3) is 0 Å². The quantitative estimate of drug-likeness (QED) is 0.679. The van der Waals surface area contributed by atoms with Crippen molar-refractivity contribution in [2.24, 2.45) is 4.99 Å². The van der Waals surface area contributed by atoms with Gasteiger partial charge in [-0.25, -0.2) is 0 Å². The van der Waals surface area contributed by atoms with Gasteiger partial charge in [0.1, 0.15) is 5.71 Å². The first-order valence-corrected chi connectivity index (χ1v) is 6.10. The normalized spacial score (nSPS) is 23.2. The Kier molecular flexibility index (Phi) is 3.65. The van der Waals surface area contributed by atoms with Crippen LogP contribution >= 0.6 is 0 Å². The van der Waals surface area contributed by atoms with Gasteiger partial charge < -0.3 is 0 Å². The first-order chi connectivity index (χ1) is 7.79. The van der Waals surface area contributed by atoms with Crippen LogP contribution in [0.5, 0.6) is 0 Å². The Morgan fingerprint density at radius 2 is 1.69 bits per heavy atom. The van der Waals surface area contributed by atoms with Gasteiger partial charge in [-0.15, -0.1) is 0 Å². The van der Waals surface area contributed by atoms with Crippen molar-refractivity contribution in [1.82, 2.24) is 0 Å². The third-order valence-corrected chi connectivity index (χ3v) is 3.11. The third-order valence-electron chi connectivity index (χ3n) is 3.11. The molecule has 2 rings (SSSR count). The van der Waals surface area contributed by atoms with Crippen LogP contribution in [0.15, 0.2) is 16.6 Å². The molecular formula is C13H17NO2. The maximum atomic E-state index is 11.9. The molecule has 16 heavy (non-hydrogen) atoms. The van der Waals surface area contributed by atoms with Crippen LogP contribution in [0.3, 0.4) is 0 Å². The third kappa shape index (κ3) is 2.46. The molecule has 0 unspecified atom stereocenters. The van der Waals surface area contributed by atoms with E-state index in [4.69, 9.17) is 0 Å². The summed E-state index contributed by atoms with van der Waals surface area (Å²) in [6.07, 6.45) is 7.74. The molecule has 86 valence electrons. The highest BCUT2D eigenvalue weighted by atomic mass is 16.1. The largest absolute Gasteiger partial charge is 0.294 e. The number of ketones is 2. The van der Waals surface area contributed by atoms with Crippen LogP contribution < -0.4 is 0 Å². The van der Waals surface area contributed by atoms with E-state index >= 15 is 0 Å². The van der Waals surface area contributed by atoms with Gasteiger partial charge >= 0.3 is 0 Å². The molecule has 0 radical (unpaired) electrons. The van der Waals surface area contributed by atoms with Crippen molar-refractivity contribution >= 4 is 17.3 Å². The summed E-state index contributed by atoms with van der Waals surface area (Å²) < 4.78 is 0. The predicted octanol–water partition coefficient (Wildman–Crippen LogP) is 2.25. The summed E-state index contributed by atoms with van der Waals surface area (Å²) in [4.78, 5) is 28.0. The molecule has 0 spiro atoms. The summed E-state index contributed by atoms with van der Waals surface area (Å²) in [6, 6.07) is 0. The Morgan fingerprint density at radius 3 is 2.56 bits per heavy atom. The van der Waals surface area contributed by atoms with Crippen LogP contribution in [-0.4, -0.2) is 23.8 Å². The lowest BCUT2D eigenvalue weighted by atomic mass is 9.99. The van der Waals surface area contributed by atoms with E-state index in [0.717, 1.165) is 32.1 Å². The molecule has 2 aliphatic rings. The fourth-order valence-corrected chi connectivity index (χ4v) is 2.18. The molecule has 0 saturated heterocycles. The van der Waals surface area contributed by atoms with Crippen molar-refractivity contribution in [2.45, 2.75) is 44.9 Å². The second-order valence-electron chi connectivity index (χ2n) is 4.40. The Hall–Kier alpha value is -1.25. The first kappa shape index (κ1) is 11.2. The van der Waals surface area contributed by atoms with Gasteiger partial charge in [-0.1, -0.05) is 6.08 Å². The summed E-state index contributed by atoms with van der Waals surface area (Å²) >= 11 is 0. The second kappa shape index (κ2) is 5.19. The number of allylic oxidation sites excluding steroid dienone is 2. The zero-order chi connectivity index (χ0) is 11.4. The molecule has 0 aromatic rings. The average molecular weight is 219 g/mol. The highest BCUT2D eigenvalue weighted by molar-refractivity contribution is 6.52. The lowest BCUT2D eigenvalue weighted by Crippen LogP contribution is -2.20. The molecule has 1 aliphatic heterocycles. The van der Waals surface area contributed by atoms with Crippen molar-refractivity contribution in [3.05, 3.63) is 11.6 Å². The van der Waals surface area contributed by atoms with Gasteiger partial charge in [-0.2, -0.15) is 0 Å². The fourth-order valence-electron chi connectivity index (χ4n) is 2.18. The second-order valence-corrected chi connectivity index (χ2v) is 4.40. The Labute approximate surface area is 95.6 Å². The van der Waals surface area contributed by atoms with Gasteiger partial charge in [-0.3, -0.25) is 14.6 Å². The molecule has 0 aromatic heterocycles. The number of nitrogens with zero attached hydrogens (tertiary/aromatic N) is 1. The van der Waals surface area contributed by atoms with Crippen molar-refractivity contribution < 1.29 is 9.59 Å². The molecule has 0 amide bonds. The Balaban J connectivity index is 2.26. The molecule has 1 aliphatic carbocycles. The van der Waals surface area contributed by atoms with Gasteiger partial charge in [0.25, 0.3) is 0 Å². The molecule has 1 heterocycles. The van der Waals surface area contributed by atoms with E-state index < -0.39 is 0 Å². The zero-order valence-electron chi connectivity index (χ0n) is 9.50. The smallest absolute Gasteiger partial charge is 0.181 e. The van der Waals surface area contributed by atoms with Crippen molar-refractivity contribution in [1.29, 1.82) is 0 Å². The summed E-state index contributed by atoms with van der Waals surface area (Å²) in [5.74, 6) is 0.158. The number of hydrogen-bond acceptors (Lipinski definition) is 3. The summed E-state index contributed by atoms with van der Waals surface area (Å²) in [5.41, 5.74) is 1.06. The van der Waals surface area contributed by atoms with Crippen LogP contribution in [-0.2, 0) is 9.59 Å². The van der Waals surface area contributed by atoms with Crippen molar-refractivity contribution in [2.75, 3.05) is 6.54 Å². The summed E-state index contributed by atoms with van der Waals surface area (Å²) in [5, 5.41) is 0. The molecule has 0 fully saturated rings. The monoisotopic (exact) mass is 219 g/mol. The molecule has 3 heteroatoms. The number of carbonyl (C=O) groups excluding carboxylic acids is 2. The predicted molar refractivity (Wildman–Crippen MR) is 62.7 cm³/mol. The van der Waals surface area contributed by atoms with E-state index in [0.29, 0.717) is 30.7 Å². The molecule has 0 saturated carbocycles. The standard InChI is InChI=1S/C13H17NO2/c15-11-7-3-1-2-6-10(11)13-12(16)8-4-5-9-14-13/h6H,1-5,7-9H2. The van der Waals surface area contributed by atoms with Crippen LogP contribution in [0.1, 0.15) is 44.9 Å². The zero-order valence-corrected chi connectivity index (χ0v) is 9.50. The van der Waals surface area contributed by atoms with E-state index in [1.165, 1.54) is 0 Å². The van der Waals surface area contributed by atoms with Gasteiger partial charge in [0.05, 0.1) is 0 Å². The molecular weight excluding hydrogens is 202 g/mol. The van der Waals surface area contributed by atoms with Crippen LogP contribution in [0.4, 0.5) is 0 Å². The van der Waals surface area contributed by atoms with Gasteiger partial charge in [-0.05, 0) is 32.1 Å². The van der Waals surface area contributed by atoms with Crippen molar-refractivity contribution in [3.63, 3.8) is 0 Å². The fraction of sp³-hybridized carbons (Fsp3) is 0.615. The van der Waals surface area contributed by atoms with Gasteiger partial charge in [0.2, 0.25) is 0 Å². The van der Waals surface area contributed by atoms with Crippen molar-refractivity contribution in [3.8, 4) is 0 Å². The maximum absolute atomic E-state index is 11.9. The van der Waals surface area contributed by atoms with E-state index in [2.05, 4.69) is 4.99 Å². The van der Waals surface area contributed by atoms with Crippen LogP contribution in [0.2, 0.25) is 0 Å². The van der Waals surface area contributed by atoms with E-state index in [1.54, 1.807) is 0 Å². The van der Waals surface area contributed by atoms with E-state index in [-0.39, 0.29) is 11.6 Å². The highest BCUT2D eigenvalue weighted by Crippen LogP contribution is 2.18.